The van der Waals surface area contributed by atoms with Crippen LogP contribution in [0.4, 0.5) is 5.69 Å². The van der Waals surface area contributed by atoms with Crippen LogP contribution in [-0.2, 0) is 6.54 Å². The quantitative estimate of drug-likeness (QED) is 0.895. The Morgan fingerprint density at radius 1 is 1.37 bits per heavy atom. The highest BCUT2D eigenvalue weighted by Gasteiger charge is 2.18. The number of hydrogen-bond acceptors (Lipinski definition) is 4. The average molecular weight is 339 g/mol. The summed E-state index contributed by atoms with van der Waals surface area (Å²) < 4.78 is 7.13. The number of hydrogen-bond donors (Lipinski definition) is 2. The number of para-hydroxylation sites is 2. The number of anilines is 1. The van der Waals surface area contributed by atoms with Crippen molar-refractivity contribution < 1.29 is 4.74 Å². The Kier molecular flexibility index (Phi) is 4.06. The topological polar surface area (TPSA) is 33.3 Å². The van der Waals surface area contributed by atoms with Crippen LogP contribution in [0.25, 0.3) is 0 Å². The van der Waals surface area contributed by atoms with Gasteiger partial charge in [-0.05, 0) is 39.5 Å². The Morgan fingerprint density at radius 2 is 2.26 bits per heavy atom. The van der Waals surface area contributed by atoms with Crippen molar-refractivity contribution in [2.75, 3.05) is 18.4 Å². The minimum Gasteiger partial charge on any atom is -0.485 e. The molecule has 2 heterocycles. The summed E-state index contributed by atoms with van der Waals surface area (Å²) in [7, 11) is 0. The lowest BCUT2D eigenvalue weighted by atomic mass is 10.2. The molecule has 0 aliphatic carbocycles. The van der Waals surface area contributed by atoms with Crippen LogP contribution in [0, 0.1) is 0 Å². The van der Waals surface area contributed by atoms with Crippen molar-refractivity contribution >= 4 is 33.0 Å². The van der Waals surface area contributed by atoms with Gasteiger partial charge in [-0.15, -0.1) is 11.3 Å². The van der Waals surface area contributed by atoms with Crippen molar-refractivity contribution in [3.63, 3.8) is 0 Å². The van der Waals surface area contributed by atoms with E-state index in [0.717, 1.165) is 31.1 Å². The molecule has 0 amide bonds. The SMILES string of the molecule is Brc1ccsc1CNCC1CNc2ccccc2O1. The Morgan fingerprint density at radius 3 is 3.11 bits per heavy atom. The van der Waals surface area contributed by atoms with Gasteiger partial charge in [0.1, 0.15) is 11.9 Å². The summed E-state index contributed by atoms with van der Waals surface area (Å²) in [6, 6.07) is 10.1. The molecule has 1 aromatic carbocycles. The van der Waals surface area contributed by atoms with Gasteiger partial charge >= 0.3 is 0 Å². The molecule has 1 atom stereocenters. The molecule has 1 aliphatic rings. The molecule has 5 heteroatoms. The molecule has 0 saturated heterocycles. The number of ether oxygens (including phenoxy) is 1. The van der Waals surface area contributed by atoms with Gasteiger partial charge in [0.25, 0.3) is 0 Å². The first kappa shape index (κ1) is 13.0. The van der Waals surface area contributed by atoms with Crippen LogP contribution in [0.1, 0.15) is 4.88 Å². The van der Waals surface area contributed by atoms with Crippen LogP contribution < -0.4 is 15.4 Å². The molecule has 1 aliphatic heterocycles. The minimum absolute atomic E-state index is 0.175. The van der Waals surface area contributed by atoms with Crippen LogP contribution >= 0.6 is 27.3 Å². The highest BCUT2D eigenvalue weighted by atomic mass is 79.9. The van der Waals surface area contributed by atoms with Crippen LogP contribution in [0.3, 0.4) is 0 Å². The molecule has 19 heavy (non-hydrogen) atoms. The molecule has 0 radical (unpaired) electrons. The molecule has 2 aromatic rings. The summed E-state index contributed by atoms with van der Waals surface area (Å²) in [6.45, 7) is 2.56. The van der Waals surface area contributed by atoms with Gasteiger partial charge in [0, 0.05) is 22.4 Å². The molecule has 0 saturated carbocycles. The van der Waals surface area contributed by atoms with E-state index in [0.29, 0.717) is 0 Å². The Labute approximate surface area is 125 Å². The third-order valence-electron chi connectivity index (χ3n) is 3.05. The second kappa shape index (κ2) is 5.94. The van der Waals surface area contributed by atoms with Gasteiger partial charge in [-0.3, -0.25) is 0 Å². The van der Waals surface area contributed by atoms with Crippen molar-refractivity contribution in [2.24, 2.45) is 0 Å². The van der Waals surface area contributed by atoms with Crippen molar-refractivity contribution in [3.05, 3.63) is 45.1 Å². The summed E-state index contributed by atoms with van der Waals surface area (Å²) in [5, 5.41) is 8.93. The first-order valence-electron chi connectivity index (χ1n) is 6.25. The smallest absolute Gasteiger partial charge is 0.142 e. The largest absolute Gasteiger partial charge is 0.485 e. The maximum atomic E-state index is 5.95. The Hall–Kier alpha value is -1.04. The van der Waals surface area contributed by atoms with E-state index in [1.807, 2.05) is 24.3 Å². The first-order chi connectivity index (χ1) is 9.33. The van der Waals surface area contributed by atoms with Gasteiger partial charge in [-0.25, -0.2) is 0 Å². The molecular weight excluding hydrogens is 324 g/mol. The van der Waals surface area contributed by atoms with E-state index in [-0.39, 0.29) is 6.10 Å². The highest BCUT2D eigenvalue weighted by molar-refractivity contribution is 9.10. The van der Waals surface area contributed by atoms with Crippen LogP contribution in [0.15, 0.2) is 40.2 Å². The Balaban J connectivity index is 1.51. The fraction of sp³-hybridized carbons (Fsp3) is 0.286. The van der Waals surface area contributed by atoms with Crippen molar-refractivity contribution in [3.8, 4) is 5.75 Å². The fourth-order valence-electron chi connectivity index (χ4n) is 2.07. The summed E-state index contributed by atoms with van der Waals surface area (Å²) in [5.41, 5.74) is 1.08. The lowest BCUT2D eigenvalue weighted by molar-refractivity contribution is 0.202. The molecule has 1 aromatic heterocycles. The minimum atomic E-state index is 0.175. The van der Waals surface area contributed by atoms with Gasteiger partial charge in [-0.1, -0.05) is 12.1 Å². The molecule has 0 fully saturated rings. The zero-order chi connectivity index (χ0) is 13.1. The van der Waals surface area contributed by atoms with E-state index in [1.54, 1.807) is 11.3 Å². The van der Waals surface area contributed by atoms with E-state index in [4.69, 9.17) is 4.74 Å². The first-order valence-corrected chi connectivity index (χ1v) is 7.92. The van der Waals surface area contributed by atoms with Gasteiger partial charge < -0.3 is 15.4 Å². The van der Waals surface area contributed by atoms with E-state index in [1.165, 1.54) is 9.35 Å². The number of thiophene rings is 1. The summed E-state index contributed by atoms with van der Waals surface area (Å²) >= 11 is 5.30. The fourth-order valence-corrected chi connectivity index (χ4v) is 3.53. The predicted molar refractivity (Wildman–Crippen MR) is 83.1 cm³/mol. The maximum Gasteiger partial charge on any atom is 0.142 e. The number of benzene rings is 1. The molecule has 0 spiro atoms. The third kappa shape index (κ3) is 3.11. The molecule has 2 N–H and O–H groups in total. The van der Waals surface area contributed by atoms with E-state index < -0.39 is 0 Å². The third-order valence-corrected chi connectivity index (χ3v) is 4.98. The van der Waals surface area contributed by atoms with Gasteiger partial charge in [0.15, 0.2) is 0 Å². The van der Waals surface area contributed by atoms with Crippen LogP contribution in [0.5, 0.6) is 5.75 Å². The van der Waals surface area contributed by atoms with Gasteiger partial charge in [0.2, 0.25) is 0 Å². The number of rotatable bonds is 4. The lowest BCUT2D eigenvalue weighted by Gasteiger charge is -2.27. The predicted octanol–water partition coefficient (Wildman–Crippen LogP) is 3.47. The average Bonchev–Trinajstić information content (AvgIpc) is 2.84. The zero-order valence-corrected chi connectivity index (χ0v) is 12.8. The number of halogens is 1. The highest BCUT2D eigenvalue weighted by Crippen LogP contribution is 2.28. The van der Waals surface area contributed by atoms with Crippen LogP contribution in [-0.4, -0.2) is 19.2 Å². The Bertz CT molecular complexity index is 558. The lowest BCUT2D eigenvalue weighted by Crippen LogP contribution is -2.39. The molecule has 3 rings (SSSR count). The van der Waals surface area contributed by atoms with Gasteiger partial charge in [-0.2, -0.15) is 0 Å². The summed E-state index contributed by atoms with van der Waals surface area (Å²) in [4.78, 5) is 1.32. The van der Waals surface area contributed by atoms with Crippen molar-refractivity contribution in [1.82, 2.24) is 5.32 Å². The maximum absolute atomic E-state index is 5.95. The monoisotopic (exact) mass is 338 g/mol. The number of nitrogens with one attached hydrogen (secondary N) is 2. The molecule has 100 valence electrons. The molecule has 0 bridgehead atoms. The number of fused-ring (bicyclic) bond motifs is 1. The zero-order valence-electron chi connectivity index (χ0n) is 10.4. The molecule has 1 unspecified atom stereocenters. The van der Waals surface area contributed by atoms with E-state index in [2.05, 4.69) is 38.0 Å². The van der Waals surface area contributed by atoms with Crippen molar-refractivity contribution in [1.29, 1.82) is 0 Å². The molecular formula is C14H15BrN2OS. The van der Waals surface area contributed by atoms with E-state index >= 15 is 0 Å². The summed E-state index contributed by atoms with van der Waals surface area (Å²) in [5.74, 6) is 0.942. The van der Waals surface area contributed by atoms with Crippen molar-refractivity contribution in [2.45, 2.75) is 12.6 Å². The second-order valence-corrected chi connectivity index (χ2v) is 6.29. The van der Waals surface area contributed by atoms with Crippen LogP contribution in [0.2, 0.25) is 0 Å². The second-order valence-electron chi connectivity index (χ2n) is 4.44. The molecule has 3 nitrogen and oxygen atoms in total. The summed E-state index contributed by atoms with van der Waals surface area (Å²) in [6.07, 6.45) is 0.175. The standard InChI is InChI=1S/C14H15BrN2OS/c15-11-5-6-19-14(11)9-16-7-10-8-17-12-3-1-2-4-13(12)18-10/h1-6,10,16-17H,7-9H2. The normalized spacial score (nSPS) is 17.4. The van der Waals surface area contributed by atoms with Gasteiger partial charge in [0.05, 0.1) is 12.2 Å². The van der Waals surface area contributed by atoms with E-state index in [9.17, 15) is 0 Å².